The number of phenolic OH excluding ortho intramolecular Hbond substituents is 1. The molecule has 0 saturated carbocycles. The molecule has 0 aromatic heterocycles. The standard InChI is InChI=1S/C12H13NO3/c1-2-7-16-12(15)11(13)8-9-3-5-10(14)6-4-9/h1,3-6,11,14H,7-8,13H2/t11-/m0/s1. The molecule has 0 unspecified atom stereocenters. The van der Waals surface area contributed by atoms with Crippen LogP contribution in [0.1, 0.15) is 5.56 Å². The monoisotopic (exact) mass is 219 g/mol. The van der Waals surface area contributed by atoms with Crippen LogP contribution in [0.3, 0.4) is 0 Å². The predicted molar refractivity (Wildman–Crippen MR) is 59.6 cm³/mol. The van der Waals surface area contributed by atoms with Crippen LogP contribution >= 0.6 is 0 Å². The zero-order valence-corrected chi connectivity index (χ0v) is 8.72. The maximum Gasteiger partial charge on any atom is 0.324 e. The third kappa shape index (κ3) is 3.64. The Hall–Kier alpha value is -1.99. The lowest BCUT2D eigenvalue weighted by Crippen LogP contribution is -2.34. The van der Waals surface area contributed by atoms with E-state index >= 15 is 0 Å². The van der Waals surface area contributed by atoms with Crippen molar-refractivity contribution in [2.24, 2.45) is 5.73 Å². The number of esters is 1. The van der Waals surface area contributed by atoms with Crippen molar-refractivity contribution in [3.8, 4) is 18.1 Å². The predicted octanol–water partition coefficient (Wildman–Crippen LogP) is 0.438. The van der Waals surface area contributed by atoms with Gasteiger partial charge in [-0.2, -0.15) is 0 Å². The average molecular weight is 219 g/mol. The van der Waals surface area contributed by atoms with Gasteiger partial charge in [-0.25, -0.2) is 0 Å². The van der Waals surface area contributed by atoms with E-state index < -0.39 is 12.0 Å². The van der Waals surface area contributed by atoms with Gasteiger partial charge in [-0.05, 0) is 24.1 Å². The number of terminal acetylenes is 1. The van der Waals surface area contributed by atoms with Gasteiger partial charge in [-0.1, -0.05) is 18.1 Å². The summed E-state index contributed by atoms with van der Waals surface area (Å²) in [5.74, 6) is 1.84. The second-order valence-corrected chi connectivity index (χ2v) is 3.29. The Morgan fingerprint density at radius 1 is 1.50 bits per heavy atom. The maximum absolute atomic E-state index is 11.3. The first-order chi connectivity index (χ1) is 7.63. The Kier molecular flexibility index (Phi) is 4.37. The van der Waals surface area contributed by atoms with E-state index in [1.807, 2.05) is 0 Å². The molecule has 1 rings (SSSR count). The fraction of sp³-hybridized carbons (Fsp3) is 0.250. The van der Waals surface area contributed by atoms with Gasteiger partial charge in [0, 0.05) is 0 Å². The molecule has 0 aliphatic heterocycles. The van der Waals surface area contributed by atoms with E-state index in [9.17, 15) is 4.79 Å². The second-order valence-electron chi connectivity index (χ2n) is 3.29. The highest BCUT2D eigenvalue weighted by atomic mass is 16.5. The Morgan fingerprint density at radius 2 is 2.12 bits per heavy atom. The number of aromatic hydroxyl groups is 1. The summed E-state index contributed by atoms with van der Waals surface area (Å²) in [6.07, 6.45) is 5.30. The van der Waals surface area contributed by atoms with Crippen LogP contribution in [0.2, 0.25) is 0 Å². The van der Waals surface area contributed by atoms with E-state index in [1.165, 1.54) is 12.1 Å². The van der Waals surface area contributed by atoms with E-state index in [4.69, 9.17) is 22.0 Å². The molecule has 1 atom stereocenters. The number of rotatable bonds is 4. The molecule has 0 heterocycles. The van der Waals surface area contributed by atoms with Gasteiger partial charge >= 0.3 is 5.97 Å². The summed E-state index contributed by atoms with van der Waals surface area (Å²) < 4.78 is 4.70. The Bertz CT molecular complexity index is 392. The molecule has 0 aliphatic rings. The molecule has 0 spiro atoms. The zero-order chi connectivity index (χ0) is 12.0. The minimum atomic E-state index is -0.738. The summed E-state index contributed by atoms with van der Waals surface area (Å²) in [7, 11) is 0. The average Bonchev–Trinajstić information content (AvgIpc) is 2.29. The smallest absolute Gasteiger partial charge is 0.324 e. The molecule has 16 heavy (non-hydrogen) atoms. The summed E-state index contributed by atoms with van der Waals surface area (Å²) in [5, 5.41) is 9.07. The molecule has 1 aromatic carbocycles. The van der Waals surface area contributed by atoms with Crippen LogP contribution in [-0.4, -0.2) is 23.7 Å². The van der Waals surface area contributed by atoms with Crippen LogP contribution in [-0.2, 0) is 16.0 Å². The molecule has 1 aromatic rings. The highest BCUT2D eigenvalue weighted by Crippen LogP contribution is 2.11. The molecule has 84 valence electrons. The molecule has 0 radical (unpaired) electrons. The molecular weight excluding hydrogens is 206 g/mol. The minimum Gasteiger partial charge on any atom is -0.508 e. The molecule has 4 nitrogen and oxygen atoms in total. The topological polar surface area (TPSA) is 72.5 Å². The first-order valence-electron chi connectivity index (χ1n) is 4.77. The van der Waals surface area contributed by atoms with Crippen molar-refractivity contribution >= 4 is 5.97 Å². The molecule has 4 heteroatoms. The lowest BCUT2D eigenvalue weighted by atomic mass is 10.1. The normalized spacial score (nSPS) is 11.5. The van der Waals surface area contributed by atoms with Gasteiger partial charge in [0.2, 0.25) is 0 Å². The number of carbonyl (C=O) groups excluding carboxylic acids is 1. The third-order valence-corrected chi connectivity index (χ3v) is 1.99. The van der Waals surface area contributed by atoms with Gasteiger partial charge in [0.15, 0.2) is 6.61 Å². The number of ether oxygens (including phenoxy) is 1. The van der Waals surface area contributed by atoms with Crippen LogP contribution in [0.25, 0.3) is 0 Å². The molecule has 0 saturated heterocycles. The van der Waals surface area contributed by atoms with Gasteiger partial charge < -0.3 is 15.6 Å². The number of hydrogen-bond acceptors (Lipinski definition) is 4. The number of hydrogen-bond donors (Lipinski definition) is 2. The van der Waals surface area contributed by atoms with Gasteiger partial charge in [0.1, 0.15) is 11.8 Å². The van der Waals surface area contributed by atoms with E-state index in [2.05, 4.69) is 5.92 Å². The maximum atomic E-state index is 11.3. The van der Waals surface area contributed by atoms with Crippen molar-refractivity contribution in [3.05, 3.63) is 29.8 Å². The molecule has 3 N–H and O–H groups in total. The summed E-state index contributed by atoms with van der Waals surface area (Å²) in [4.78, 5) is 11.3. The lowest BCUT2D eigenvalue weighted by molar-refractivity contribution is -0.143. The van der Waals surface area contributed by atoms with Gasteiger partial charge in [-0.15, -0.1) is 6.42 Å². The highest BCUT2D eigenvalue weighted by molar-refractivity contribution is 5.76. The van der Waals surface area contributed by atoms with Crippen molar-refractivity contribution < 1.29 is 14.6 Å². The quantitative estimate of drug-likeness (QED) is 0.569. The fourth-order valence-electron chi connectivity index (χ4n) is 1.19. The fourth-order valence-corrected chi connectivity index (χ4v) is 1.19. The molecule has 0 amide bonds. The van der Waals surface area contributed by atoms with E-state index in [1.54, 1.807) is 12.1 Å². The SMILES string of the molecule is C#CCOC(=O)[C@@H](N)Cc1ccc(O)cc1. The van der Waals surface area contributed by atoms with Crippen molar-refractivity contribution in [3.63, 3.8) is 0 Å². The van der Waals surface area contributed by atoms with Crippen molar-refractivity contribution in [2.45, 2.75) is 12.5 Å². The number of phenols is 1. The second kappa shape index (κ2) is 5.79. The van der Waals surface area contributed by atoms with Gasteiger partial charge in [0.25, 0.3) is 0 Å². The Morgan fingerprint density at radius 3 is 2.69 bits per heavy atom. The van der Waals surface area contributed by atoms with Crippen LogP contribution in [0.5, 0.6) is 5.75 Å². The molecular formula is C12H13NO3. The largest absolute Gasteiger partial charge is 0.508 e. The van der Waals surface area contributed by atoms with Crippen LogP contribution in [0.15, 0.2) is 24.3 Å². The minimum absolute atomic E-state index is 0.0674. The van der Waals surface area contributed by atoms with E-state index in [0.29, 0.717) is 6.42 Å². The highest BCUT2D eigenvalue weighted by Gasteiger charge is 2.14. The number of benzene rings is 1. The third-order valence-electron chi connectivity index (χ3n) is 1.99. The number of nitrogens with two attached hydrogens (primary N) is 1. The van der Waals surface area contributed by atoms with Gasteiger partial charge in [0.05, 0.1) is 0 Å². The summed E-state index contributed by atoms with van der Waals surface area (Å²) >= 11 is 0. The van der Waals surface area contributed by atoms with Gasteiger partial charge in [-0.3, -0.25) is 4.79 Å². The molecule has 0 aliphatic carbocycles. The summed E-state index contributed by atoms with van der Waals surface area (Å²) in [6.45, 7) is -0.0674. The van der Waals surface area contributed by atoms with Crippen LogP contribution in [0, 0.1) is 12.3 Å². The van der Waals surface area contributed by atoms with Crippen LogP contribution in [0.4, 0.5) is 0 Å². The Balaban J connectivity index is 2.51. The Labute approximate surface area is 94.0 Å². The molecule has 0 fully saturated rings. The molecule has 0 bridgehead atoms. The van der Waals surface area contributed by atoms with E-state index in [0.717, 1.165) is 5.56 Å². The summed E-state index contributed by atoms with van der Waals surface area (Å²) in [6, 6.07) is 5.73. The summed E-state index contributed by atoms with van der Waals surface area (Å²) in [5.41, 5.74) is 6.47. The van der Waals surface area contributed by atoms with Crippen molar-refractivity contribution in [2.75, 3.05) is 6.61 Å². The lowest BCUT2D eigenvalue weighted by Gasteiger charge is -2.09. The van der Waals surface area contributed by atoms with Crippen LogP contribution < -0.4 is 5.73 Å². The number of carbonyl (C=O) groups is 1. The first kappa shape index (κ1) is 12.1. The van der Waals surface area contributed by atoms with E-state index in [-0.39, 0.29) is 12.4 Å². The van der Waals surface area contributed by atoms with Crippen molar-refractivity contribution in [1.29, 1.82) is 0 Å². The van der Waals surface area contributed by atoms with Crippen molar-refractivity contribution in [1.82, 2.24) is 0 Å². The zero-order valence-electron chi connectivity index (χ0n) is 8.72. The first-order valence-corrected chi connectivity index (χ1v) is 4.77.